The molecule has 4 nitrogen and oxygen atoms in total. The van der Waals surface area contributed by atoms with Gasteiger partial charge in [0.2, 0.25) is 0 Å². The van der Waals surface area contributed by atoms with E-state index in [1.165, 1.54) is 0 Å². The second-order valence-corrected chi connectivity index (χ2v) is 4.76. The molecule has 1 heterocycles. The fourth-order valence-corrected chi connectivity index (χ4v) is 2.23. The predicted molar refractivity (Wildman–Crippen MR) is 68.5 cm³/mol. The number of halogens is 3. The van der Waals surface area contributed by atoms with Crippen molar-refractivity contribution in [1.29, 1.82) is 0 Å². The normalized spacial score (nSPS) is 15.8. The van der Waals surface area contributed by atoms with Crippen LogP contribution in [-0.2, 0) is 17.8 Å². The third-order valence-electron chi connectivity index (χ3n) is 3.27. The van der Waals surface area contributed by atoms with E-state index in [0.29, 0.717) is 18.8 Å². The highest BCUT2D eigenvalue weighted by molar-refractivity contribution is 5.81. The lowest BCUT2D eigenvalue weighted by Crippen LogP contribution is -2.42. The van der Waals surface area contributed by atoms with Crippen LogP contribution in [0.15, 0.2) is 18.2 Å². The highest BCUT2D eigenvalue weighted by atomic mass is 19.4. The molecule has 1 amide bonds. The average molecular weight is 286 g/mol. The highest BCUT2D eigenvalue weighted by Crippen LogP contribution is 2.23. The van der Waals surface area contributed by atoms with Gasteiger partial charge in [-0.05, 0) is 17.5 Å². The van der Waals surface area contributed by atoms with E-state index >= 15 is 0 Å². The monoisotopic (exact) mass is 286 g/mol. The molecule has 0 saturated carbocycles. The molecule has 0 unspecified atom stereocenters. The van der Waals surface area contributed by atoms with Gasteiger partial charge in [0, 0.05) is 26.2 Å². The summed E-state index contributed by atoms with van der Waals surface area (Å²) in [5.41, 5.74) is 10.2. The van der Waals surface area contributed by atoms with E-state index in [-0.39, 0.29) is 6.54 Å². The van der Waals surface area contributed by atoms with Crippen LogP contribution < -0.4 is 5.32 Å². The zero-order valence-electron chi connectivity index (χ0n) is 10.8. The Balaban J connectivity index is 1.82. The molecule has 1 aliphatic rings. The van der Waals surface area contributed by atoms with Crippen LogP contribution in [0.1, 0.15) is 11.1 Å². The van der Waals surface area contributed by atoms with E-state index in [1.54, 1.807) is 6.07 Å². The van der Waals surface area contributed by atoms with Crippen molar-refractivity contribution in [3.8, 4) is 0 Å². The first-order valence-electron chi connectivity index (χ1n) is 6.27. The smallest absolute Gasteiger partial charge is 0.471 e. The van der Waals surface area contributed by atoms with Gasteiger partial charge in [0.25, 0.3) is 0 Å². The minimum atomic E-state index is -4.82. The van der Waals surface area contributed by atoms with Crippen LogP contribution in [0.3, 0.4) is 0 Å². The van der Waals surface area contributed by atoms with E-state index in [1.807, 2.05) is 22.3 Å². The Labute approximate surface area is 114 Å². The van der Waals surface area contributed by atoms with Gasteiger partial charge in [0.1, 0.15) is 0 Å². The largest absolute Gasteiger partial charge is 0.699 e. The molecule has 2 N–H and O–H groups in total. The quantitative estimate of drug-likeness (QED) is 0.927. The Morgan fingerprint density at radius 1 is 1.35 bits per heavy atom. The van der Waals surface area contributed by atoms with Crippen molar-refractivity contribution in [1.82, 2.24) is 10.2 Å². The molecule has 1 aliphatic heterocycles. The van der Waals surface area contributed by atoms with E-state index in [2.05, 4.69) is 0 Å². The number of alkyl halides is 3. The summed E-state index contributed by atoms with van der Waals surface area (Å²) in [5, 5.41) is 1.87. The minimum Gasteiger partial charge on any atom is -0.699 e. The lowest BCUT2D eigenvalue weighted by molar-refractivity contribution is -0.173. The number of carbonyl (C=O) groups excluding carboxylic acids is 1. The summed E-state index contributed by atoms with van der Waals surface area (Å²) in [5.74, 6) is -1.89. The SMILES string of the molecule is [NH-]c1ccc2c(c1)CCN(CCNC(=O)C(F)(F)F)C2. The molecule has 110 valence electrons. The molecular formula is C13H15F3N3O-. The van der Waals surface area contributed by atoms with Crippen LogP contribution in [-0.4, -0.2) is 36.6 Å². The van der Waals surface area contributed by atoms with Crippen LogP contribution in [0.25, 0.3) is 5.73 Å². The van der Waals surface area contributed by atoms with Gasteiger partial charge in [-0.15, -0.1) is 5.69 Å². The number of nitrogens with zero attached hydrogens (tertiary/aromatic N) is 1. The maximum absolute atomic E-state index is 12.0. The molecule has 0 aromatic heterocycles. The third kappa shape index (κ3) is 3.63. The summed E-state index contributed by atoms with van der Waals surface area (Å²) in [6, 6.07) is 5.39. The van der Waals surface area contributed by atoms with Gasteiger partial charge >= 0.3 is 12.1 Å². The minimum absolute atomic E-state index is 0.0236. The van der Waals surface area contributed by atoms with E-state index in [0.717, 1.165) is 24.1 Å². The molecular weight excluding hydrogens is 271 g/mol. The van der Waals surface area contributed by atoms with E-state index < -0.39 is 12.1 Å². The summed E-state index contributed by atoms with van der Waals surface area (Å²) in [7, 11) is 0. The molecule has 0 fully saturated rings. The fraction of sp³-hybridized carbons (Fsp3) is 0.462. The number of fused-ring (bicyclic) bond motifs is 1. The third-order valence-corrected chi connectivity index (χ3v) is 3.27. The van der Waals surface area contributed by atoms with Gasteiger partial charge in [-0.25, -0.2) is 0 Å². The van der Waals surface area contributed by atoms with Crippen LogP contribution in [0.4, 0.5) is 18.9 Å². The van der Waals surface area contributed by atoms with Crippen molar-refractivity contribution in [2.75, 3.05) is 19.6 Å². The van der Waals surface area contributed by atoms with Gasteiger partial charge in [-0.3, -0.25) is 9.69 Å². The zero-order valence-corrected chi connectivity index (χ0v) is 10.8. The second-order valence-electron chi connectivity index (χ2n) is 4.76. The van der Waals surface area contributed by atoms with Crippen molar-refractivity contribution in [2.45, 2.75) is 19.1 Å². The summed E-state index contributed by atoms with van der Waals surface area (Å²) < 4.78 is 36.0. The molecule has 1 aromatic rings. The van der Waals surface area contributed by atoms with Crippen molar-refractivity contribution < 1.29 is 18.0 Å². The molecule has 0 bridgehead atoms. The van der Waals surface area contributed by atoms with Crippen LogP contribution in [0.2, 0.25) is 0 Å². The Hall–Kier alpha value is -1.76. The van der Waals surface area contributed by atoms with Gasteiger partial charge in [0.05, 0.1) is 0 Å². The van der Waals surface area contributed by atoms with Crippen LogP contribution in [0.5, 0.6) is 0 Å². The lowest BCUT2D eigenvalue weighted by Gasteiger charge is -2.29. The zero-order chi connectivity index (χ0) is 14.8. The van der Waals surface area contributed by atoms with E-state index in [9.17, 15) is 18.0 Å². The first kappa shape index (κ1) is 14.6. The number of carbonyl (C=O) groups is 1. The predicted octanol–water partition coefficient (Wildman–Crippen LogP) is 2.41. The van der Waals surface area contributed by atoms with Gasteiger partial charge < -0.3 is 11.1 Å². The van der Waals surface area contributed by atoms with Crippen molar-refractivity contribution in [2.24, 2.45) is 0 Å². The Morgan fingerprint density at radius 3 is 2.80 bits per heavy atom. The molecule has 1 aromatic carbocycles. The first-order chi connectivity index (χ1) is 9.36. The van der Waals surface area contributed by atoms with Gasteiger partial charge in [0.15, 0.2) is 0 Å². The Morgan fingerprint density at radius 2 is 2.10 bits per heavy atom. The maximum atomic E-state index is 12.0. The molecule has 0 saturated heterocycles. The molecule has 7 heteroatoms. The van der Waals surface area contributed by atoms with Gasteiger partial charge in [-0.2, -0.15) is 13.2 Å². The average Bonchev–Trinajstić information content (AvgIpc) is 2.37. The summed E-state index contributed by atoms with van der Waals surface area (Å²) in [6.07, 6.45) is -4.05. The summed E-state index contributed by atoms with van der Waals surface area (Å²) in [6.45, 7) is 1.71. The van der Waals surface area contributed by atoms with Crippen molar-refractivity contribution >= 4 is 11.6 Å². The topological polar surface area (TPSA) is 56.1 Å². The summed E-state index contributed by atoms with van der Waals surface area (Å²) >= 11 is 0. The number of hydrogen-bond acceptors (Lipinski definition) is 2. The maximum Gasteiger partial charge on any atom is 0.471 e. The standard InChI is InChI=1S/C13H15F3N3O/c14-13(15,16)12(20)18-4-6-19-5-3-9-7-11(17)2-1-10(9)8-19/h1-2,7,17H,3-6,8H2,(H,18,20)/q-1. The lowest BCUT2D eigenvalue weighted by atomic mass is 9.99. The number of hydrogen-bond donors (Lipinski definition) is 1. The molecule has 20 heavy (non-hydrogen) atoms. The van der Waals surface area contributed by atoms with Crippen LogP contribution >= 0.6 is 0 Å². The summed E-state index contributed by atoms with van der Waals surface area (Å²) in [4.78, 5) is 12.7. The van der Waals surface area contributed by atoms with Crippen molar-refractivity contribution in [3.05, 3.63) is 35.1 Å². The number of nitrogens with one attached hydrogen (secondary N) is 2. The number of benzene rings is 1. The molecule has 0 radical (unpaired) electrons. The van der Waals surface area contributed by atoms with Gasteiger partial charge in [-0.1, -0.05) is 18.2 Å². The number of rotatable bonds is 3. The number of amides is 1. The second kappa shape index (κ2) is 5.70. The van der Waals surface area contributed by atoms with Crippen molar-refractivity contribution in [3.63, 3.8) is 0 Å². The molecule has 2 rings (SSSR count). The Bertz CT molecular complexity index is 502. The van der Waals surface area contributed by atoms with Crippen LogP contribution in [0, 0.1) is 0 Å². The van der Waals surface area contributed by atoms with E-state index in [4.69, 9.17) is 5.73 Å². The molecule has 0 spiro atoms. The molecule has 0 aliphatic carbocycles. The Kier molecular flexibility index (Phi) is 4.17. The fourth-order valence-electron chi connectivity index (χ4n) is 2.23. The first-order valence-corrected chi connectivity index (χ1v) is 6.27. The molecule has 0 atom stereocenters. The highest BCUT2D eigenvalue weighted by Gasteiger charge is 2.38.